The second-order valence-electron chi connectivity index (χ2n) is 5.48. The molecule has 0 aliphatic carbocycles. The van der Waals surface area contributed by atoms with Crippen molar-refractivity contribution in [3.8, 4) is 11.4 Å². The van der Waals surface area contributed by atoms with Crippen molar-refractivity contribution >= 4 is 35.0 Å². The van der Waals surface area contributed by atoms with Crippen LogP contribution in [0, 0.1) is 0 Å². The van der Waals surface area contributed by atoms with Gasteiger partial charge in [-0.3, -0.25) is 4.79 Å². The topological polar surface area (TPSA) is 59.8 Å². The molecule has 0 fully saturated rings. The van der Waals surface area contributed by atoms with Crippen molar-refractivity contribution in [3.05, 3.63) is 71.8 Å². The van der Waals surface area contributed by atoms with E-state index in [2.05, 4.69) is 22.1 Å². The number of benzene rings is 2. The molecule has 1 amide bonds. The minimum absolute atomic E-state index is 0.245. The van der Waals surface area contributed by atoms with E-state index in [1.807, 2.05) is 42.0 Å². The van der Waals surface area contributed by atoms with Gasteiger partial charge in [-0.05, 0) is 36.4 Å². The Labute approximate surface area is 161 Å². The molecular weight excluding hydrogens is 368 g/mol. The molecule has 3 rings (SSSR count). The molecule has 3 aromatic rings. The van der Waals surface area contributed by atoms with Crippen molar-refractivity contribution in [1.82, 2.24) is 14.8 Å². The highest BCUT2D eigenvalue weighted by Crippen LogP contribution is 2.24. The van der Waals surface area contributed by atoms with E-state index in [0.29, 0.717) is 16.3 Å². The number of nitrogens with one attached hydrogen (secondary N) is 1. The van der Waals surface area contributed by atoms with Crippen molar-refractivity contribution in [2.24, 2.45) is 7.05 Å². The van der Waals surface area contributed by atoms with Crippen LogP contribution in [-0.4, -0.2) is 26.4 Å². The first kappa shape index (κ1) is 18.2. The molecule has 1 heterocycles. The number of aromatic nitrogens is 3. The molecule has 0 aliphatic heterocycles. The molecule has 0 unspecified atom stereocenters. The Kier molecular flexibility index (Phi) is 5.75. The lowest BCUT2D eigenvalue weighted by atomic mass is 10.1. The predicted molar refractivity (Wildman–Crippen MR) is 107 cm³/mol. The number of thioether (sulfide) groups is 1. The number of hydrogen-bond donors (Lipinski definition) is 1. The number of amides is 1. The number of halogens is 1. The van der Waals surface area contributed by atoms with Gasteiger partial charge in [0.05, 0.1) is 10.6 Å². The smallest absolute Gasteiger partial charge is 0.257 e. The number of carbonyl (C=O) groups excluding carboxylic acids is 1. The highest BCUT2D eigenvalue weighted by atomic mass is 35.5. The average molecular weight is 385 g/mol. The van der Waals surface area contributed by atoms with Crippen molar-refractivity contribution < 1.29 is 4.79 Å². The van der Waals surface area contributed by atoms with Crippen LogP contribution in [0.4, 0.5) is 5.69 Å². The lowest BCUT2D eigenvalue weighted by Crippen LogP contribution is -2.12. The number of anilines is 1. The maximum atomic E-state index is 12.3. The van der Waals surface area contributed by atoms with E-state index in [9.17, 15) is 4.79 Å². The average Bonchev–Trinajstić information content (AvgIpc) is 3.01. The van der Waals surface area contributed by atoms with Gasteiger partial charge in [0.2, 0.25) is 0 Å². The molecule has 132 valence electrons. The number of hydrogen-bond acceptors (Lipinski definition) is 4. The zero-order chi connectivity index (χ0) is 18.5. The van der Waals surface area contributed by atoms with Crippen molar-refractivity contribution in [2.45, 2.75) is 5.16 Å². The molecule has 1 N–H and O–H groups in total. The Morgan fingerprint density at radius 3 is 2.65 bits per heavy atom. The molecule has 0 saturated carbocycles. The third-order valence-corrected chi connectivity index (χ3v) is 5.03. The van der Waals surface area contributed by atoms with Gasteiger partial charge in [-0.15, -0.1) is 16.8 Å². The molecular formula is C19H17ClN4OS. The summed E-state index contributed by atoms with van der Waals surface area (Å²) < 4.78 is 1.94. The monoisotopic (exact) mass is 384 g/mol. The molecule has 0 aliphatic rings. The van der Waals surface area contributed by atoms with E-state index in [0.717, 1.165) is 22.3 Å². The SMILES string of the molecule is C=CCSc1nnc(-c2ccc(NC(=O)c3ccccc3Cl)cc2)n1C. The van der Waals surface area contributed by atoms with Gasteiger partial charge in [-0.1, -0.05) is 41.6 Å². The van der Waals surface area contributed by atoms with Crippen LogP contribution in [-0.2, 0) is 7.05 Å². The van der Waals surface area contributed by atoms with Crippen molar-refractivity contribution in [3.63, 3.8) is 0 Å². The minimum Gasteiger partial charge on any atom is -0.322 e. The van der Waals surface area contributed by atoms with E-state index in [1.165, 1.54) is 0 Å². The summed E-state index contributed by atoms with van der Waals surface area (Å²) in [6.45, 7) is 3.71. The van der Waals surface area contributed by atoms with Gasteiger partial charge in [0.25, 0.3) is 5.91 Å². The first-order valence-electron chi connectivity index (χ1n) is 7.89. The predicted octanol–water partition coefficient (Wildman–Crippen LogP) is 4.67. The molecule has 2 aromatic carbocycles. The maximum Gasteiger partial charge on any atom is 0.257 e. The minimum atomic E-state index is -0.245. The molecule has 0 bridgehead atoms. The Hall–Kier alpha value is -2.57. The zero-order valence-electron chi connectivity index (χ0n) is 14.1. The van der Waals surface area contributed by atoms with Crippen LogP contribution in [0.25, 0.3) is 11.4 Å². The van der Waals surface area contributed by atoms with E-state index in [1.54, 1.807) is 36.0 Å². The standard InChI is InChI=1S/C19H17ClN4OS/c1-3-12-26-19-23-22-17(24(19)2)13-8-10-14(11-9-13)21-18(25)15-6-4-5-7-16(15)20/h3-11H,1,12H2,2H3,(H,21,25). The van der Waals surface area contributed by atoms with Gasteiger partial charge in [0, 0.05) is 24.1 Å². The summed E-state index contributed by atoms with van der Waals surface area (Å²) in [5.41, 5.74) is 2.04. The van der Waals surface area contributed by atoms with Gasteiger partial charge in [0.1, 0.15) is 0 Å². The van der Waals surface area contributed by atoms with Crippen LogP contribution in [0.1, 0.15) is 10.4 Å². The van der Waals surface area contributed by atoms with Gasteiger partial charge >= 0.3 is 0 Å². The summed E-state index contributed by atoms with van der Waals surface area (Å²) in [6, 6.07) is 14.4. The molecule has 0 radical (unpaired) electrons. The summed E-state index contributed by atoms with van der Waals surface area (Å²) in [6.07, 6.45) is 1.83. The largest absolute Gasteiger partial charge is 0.322 e. The first-order chi connectivity index (χ1) is 12.6. The van der Waals surface area contributed by atoms with E-state index in [4.69, 9.17) is 11.6 Å². The first-order valence-corrected chi connectivity index (χ1v) is 9.26. The third kappa shape index (κ3) is 3.98. The summed E-state index contributed by atoms with van der Waals surface area (Å²) in [7, 11) is 1.92. The van der Waals surface area contributed by atoms with E-state index in [-0.39, 0.29) is 5.91 Å². The Morgan fingerprint density at radius 1 is 1.23 bits per heavy atom. The zero-order valence-corrected chi connectivity index (χ0v) is 15.7. The van der Waals surface area contributed by atoms with Gasteiger partial charge in [0.15, 0.2) is 11.0 Å². The Morgan fingerprint density at radius 2 is 1.96 bits per heavy atom. The highest BCUT2D eigenvalue weighted by molar-refractivity contribution is 7.99. The van der Waals surface area contributed by atoms with Crippen molar-refractivity contribution in [1.29, 1.82) is 0 Å². The van der Waals surface area contributed by atoms with Crippen molar-refractivity contribution in [2.75, 3.05) is 11.1 Å². The molecule has 7 heteroatoms. The van der Waals surface area contributed by atoms with Crippen LogP contribution in [0.2, 0.25) is 5.02 Å². The second kappa shape index (κ2) is 8.21. The lowest BCUT2D eigenvalue weighted by Gasteiger charge is -2.08. The number of nitrogens with zero attached hydrogens (tertiary/aromatic N) is 3. The maximum absolute atomic E-state index is 12.3. The normalized spacial score (nSPS) is 10.5. The Balaban J connectivity index is 1.75. The summed E-state index contributed by atoms with van der Waals surface area (Å²) in [5.74, 6) is 1.30. The molecule has 0 saturated heterocycles. The van der Waals surface area contributed by atoms with Crippen LogP contribution in [0.5, 0.6) is 0 Å². The summed E-state index contributed by atoms with van der Waals surface area (Å²) >= 11 is 7.63. The van der Waals surface area contributed by atoms with E-state index < -0.39 is 0 Å². The molecule has 1 aromatic heterocycles. The molecule has 0 atom stereocenters. The fourth-order valence-corrected chi connectivity index (χ4v) is 3.24. The van der Waals surface area contributed by atoms with E-state index >= 15 is 0 Å². The second-order valence-corrected chi connectivity index (χ2v) is 6.87. The quantitative estimate of drug-likeness (QED) is 0.495. The van der Waals surface area contributed by atoms with Crippen LogP contribution in [0.3, 0.4) is 0 Å². The van der Waals surface area contributed by atoms with Crippen LogP contribution < -0.4 is 5.32 Å². The third-order valence-electron chi connectivity index (χ3n) is 3.68. The highest BCUT2D eigenvalue weighted by Gasteiger charge is 2.12. The van der Waals surface area contributed by atoms with Gasteiger partial charge in [-0.25, -0.2) is 0 Å². The summed E-state index contributed by atoms with van der Waals surface area (Å²) in [5, 5.41) is 12.5. The van der Waals surface area contributed by atoms with Crippen LogP contribution in [0.15, 0.2) is 66.3 Å². The molecule has 0 spiro atoms. The molecule has 5 nitrogen and oxygen atoms in total. The number of rotatable bonds is 6. The lowest BCUT2D eigenvalue weighted by molar-refractivity contribution is 0.102. The fourth-order valence-electron chi connectivity index (χ4n) is 2.37. The fraction of sp³-hybridized carbons (Fsp3) is 0.105. The Bertz CT molecular complexity index is 937. The summed E-state index contributed by atoms with van der Waals surface area (Å²) in [4.78, 5) is 12.3. The van der Waals surface area contributed by atoms with Gasteiger partial charge < -0.3 is 9.88 Å². The van der Waals surface area contributed by atoms with Crippen LogP contribution >= 0.6 is 23.4 Å². The number of carbonyl (C=O) groups is 1. The van der Waals surface area contributed by atoms with Gasteiger partial charge in [-0.2, -0.15) is 0 Å². The molecule has 26 heavy (non-hydrogen) atoms.